The van der Waals surface area contributed by atoms with E-state index in [1.807, 2.05) is 36.4 Å². The molecule has 2 heterocycles. The predicted octanol–water partition coefficient (Wildman–Crippen LogP) is 5.84. The summed E-state index contributed by atoms with van der Waals surface area (Å²) in [5.41, 5.74) is 3.48. The zero-order valence-corrected chi connectivity index (χ0v) is 20.6. The van der Waals surface area contributed by atoms with E-state index in [2.05, 4.69) is 55.7 Å². The van der Waals surface area contributed by atoms with Crippen LogP contribution in [0.3, 0.4) is 0 Å². The van der Waals surface area contributed by atoms with Crippen molar-refractivity contribution in [1.82, 2.24) is 9.61 Å². The van der Waals surface area contributed by atoms with Crippen LogP contribution in [0.15, 0.2) is 77.7 Å². The molecule has 4 rings (SSSR count). The Morgan fingerprint density at radius 2 is 1.85 bits per heavy atom. The van der Waals surface area contributed by atoms with Crippen LogP contribution in [-0.4, -0.2) is 18.0 Å². The highest BCUT2D eigenvalue weighted by molar-refractivity contribution is 7.92. The highest BCUT2D eigenvalue weighted by Gasteiger charge is 2.20. The van der Waals surface area contributed by atoms with Gasteiger partial charge in [0.15, 0.2) is 0 Å². The number of nitrogens with one attached hydrogen (secondary N) is 1. The highest BCUT2D eigenvalue weighted by atomic mass is 32.2. The van der Waals surface area contributed by atoms with Crippen LogP contribution >= 0.6 is 0 Å². The fraction of sp³-hybridized carbons (Fsp3) is 0.259. The lowest BCUT2D eigenvalue weighted by Crippen LogP contribution is -2.17. The molecule has 0 saturated heterocycles. The van der Waals surface area contributed by atoms with E-state index in [0.29, 0.717) is 22.7 Å². The summed E-state index contributed by atoms with van der Waals surface area (Å²) in [6.07, 6.45) is 11.2. The van der Waals surface area contributed by atoms with E-state index in [1.54, 1.807) is 24.3 Å². The Kier molecular flexibility index (Phi) is 6.20. The molecule has 1 aliphatic rings. The summed E-state index contributed by atoms with van der Waals surface area (Å²) in [6.45, 7) is 8.36. The summed E-state index contributed by atoms with van der Waals surface area (Å²) in [5, 5.41) is 14.2. The highest BCUT2D eigenvalue weighted by Crippen LogP contribution is 2.27. The van der Waals surface area contributed by atoms with Crippen molar-refractivity contribution in [2.45, 2.75) is 44.4 Å². The number of hydrogen-bond acceptors (Lipinski definition) is 4. The van der Waals surface area contributed by atoms with Gasteiger partial charge in [-0.05, 0) is 53.6 Å². The SMILES string of the molecule is CCC1C=CC=C(c2cc3c(C#N)ccc(NS(=O)(=O)c4ccc(C(C)(C)C)cc4)n3n2)C=C1. The van der Waals surface area contributed by atoms with Crippen LogP contribution in [-0.2, 0) is 15.4 Å². The number of nitriles is 1. The van der Waals surface area contributed by atoms with Gasteiger partial charge >= 0.3 is 0 Å². The third kappa shape index (κ3) is 4.68. The molecule has 2 aromatic heterocycles. The van der Waals surface area contributed by atoms with E-state index in [-0.39, 0.29) is 16.1 Å². The molecule has 34 heavy (non-hydrogen) atoms. The maximum Gasteiger partial charge on any atom is 0.263 e. The lowest BCUT2D eigenvalue weighted by molar-refractivity contribution is 0.587. The Bertz CT molecular complexity index is 1460. The topological polar surface area (TPSA) is 87.3 Å². The van der Waals surface area contributed by atoms with Crippen molar-refractivity contribution in [3.8, 4) is 6.07 Å². The molecular formula is C27H28N4O2S. The second-order valence-corrected chi connectivity index (χ2v) is 11.1. The molecule has 174 valence electrons. The molecule has 3 aromatic rings. The maximum absolute atomic E-state index is 13.1. The minimum atomic E-state index is -3.85. The first-order valence-electron chi connectivity index (χ1n) is 11.3. The molecule has 1 unspecified atom stereocenters. The molecule has 6 nitrogen and oxygen atoms in total. The van der Waals surface area contributed by atoms with Crippen LogP contribution in [0, 0.1) is 17.2 Å². The quantitative estimate of drug-likeness (QED) is 0.505. The number of aromatic nitrogens is 2. The second-order valence-electron chi connectivity index (χ2n) is 9.39. The first-order chi connectivity index (χ1) is 16.1. The molecule has 0 bridgehead atoms. The largest absolute Gasteiger partial charge is 0.263 e. The number of benzene rings is 1. The molecule has 0 spiro atoms. The number of fused-ring (bicyclic) bond motifs is 1. The molecule has 1 N–H and O–H groups in total. The van der Waals surface area contributed by atoms with Crippen molar-refractivity contribution in [2.75, 3.05) is 4.72 Å². The third-order valence-electron chi connectivity index (χ3n) is 5.94. The lowest BCUT2D eigenvalue weighted by Gasteiger charge is -2.19. The molecule has 0 radical (unpaired) electrons. The smallest absolute Gasteiger partial charge is 0.263 e. The monoisotopic (exact) mass is 472 g/mol. The first-order valence-corrected chi connectivity index (χ1v) is 12.7. The lowest BCUT2D eigenvalue weighted by atomic mass is 9.87. The van der Waals surface area contributed by atoms with E-state index in [1.165, 1.54) is 4.52 Å². The molecule has 0 amide bonds. The van der Waals surface area contributed by atoms with Crippen LogP contribution in [0.1, 0.15) is 50.9 Å². The van der Waals surface area contributed by atoms with Crippen LogP contribution in [0.2, 0.25) is 0 Å². The maximum atomic E-state index is 13.1. The van der Waals surface area contributed by atoms with Crippen LogP contribution in [0.25, 0.3) is 11.1 Å². The molecule has 0 saturated carbocycles. The fourth-order valence-electron chi connectivity index (χ4n) is 3.81. The van der Waals surface area contributed by atoms with Crippen LogP contribution < -0.4 is 4.72 Å². The van der Waals surface area contributed by atoms with Gasteiger partial charge in [-0.2, -0.15) is 10.4 Å². The number of nitrogens with zero attached hydrogens (tertiary/aromatic N) is 3. The van der Waals surface area contributed by atoms with Crippen molar-refractivity contribution in [1.29, 1.82) is 5.26 Å². The number of hydrogen-bond donors (Lipinski definition) is 1. The van der Waals surface area contributed by atoms with Gasteiger partial charge in [0.25, 0.3) is 10.0 Å². The molecule has 1 atom stereocenters. The normalized spacial score (nSPS) is 16.2. The van der Waals surface area contributed by atoms with Crippen LogP contribution in [0.4, 0.5) is 5.82 Å². The van der Waals surface area contributed by atoms with Gasteiger partial charge in [0, 0.05) is 5.57 Å². The molecule has 7 heteroatoms. The van der Waals surface area contributed by atoms with E-state index >= 15 is 0 Å². The van der Waals surface area contributed by atoms with Gasteiger partial charge in [0.05, 0.1) is 21.7 Å². The van der Waals surface area contributed by atoms with Crippen molar-refractivity contribution in [3.63, 3.8) is 0 Å². The molecule has 1 aliphatic carbocycles. The third-order valence-corrected chi connectivity index (χ3v) is 7.31. The van der Waals surface area contributed by atoms with E-state index < -0.39 is 10.0 Å². The van der Waals surface area contributed by atoms with Crippen LogP contribution in [0.5, 0.6) is 0 Å². The van der Waals surface area contributed by atoms with Gasteiger partial charge in [-0.3, -0.25) is 4.72 Å². The Morgan fingerprint density at radius 1 is 1.12 bits per heavy atom. The minimum Gasteiger partial charge on any atom is -0.263 e. The van der Waals surface area contributed by atoms with Crippen molar-refractivity contribution >= 4 is 26.9 Å². The van der Waals surface area contributed by atoms with E-state index in [9.17, 15) is 13.7 Å². The first kappa shape index (κ1) is 23.5. The van der Waals surface area contributed by atoms with Gasteiger partial charge in [0.1, 0.15) is 11.9 Å². The molecule has 0 aliphatic heterocycles. The van der Waals surface area contributed by atoms with E-state index in [0.717, 1.165) is 17.6 Å². The Morgan fingerprint density at radius 3 is 2.50 bits per heavy atom. The number of rotatable bonds is 5. The van der Waals surface area contributed by atoms with Gasteiger partial charge in [-0.15, -0.1) is 0 Å². The summed E-state index contributed by atoms with van der Waals surface area (Å²) in [4.78, 5) is 0.163. The number of pyridine rings is 1. The van der Waals surface area contributed by atoms with Crippen molar-refractivity contribution in [2.24, 2.45) is 5.92 Å². The zero-order chi connectivity index (χ0) is 24.5. The van der Waals surface area contributed by atoms with Crippen molar-refractivity contribution < 1.29 is 8.42 Å². The molecular weight excluding hydrogens is 444 g/mol. The fourth-order valence-corrected chi connectivity index (χ4v) is 4.85. The zero-order valence-electron chi connectivity index (χ0n) is 19.8. The number of sulfonamides is 1. The summed E-state index contributed by atoms with van der Waals surface area (Å²) >= 11 is 0. The summed E-state index contributed by atoms with van der Waals surface area (Å²) < 4.78 is 30.4. The second kappa shape index (κ2) is 8.96. The Labute approximate surface area is 201 Å². The average molecular weight is 473 g/mol. The van der Waals surface area contributed by atoms with Crippen molar-refractivity contribution in [3.05, 3.63) is 89.7 Å². The number of anilines is 1. The molecule has 0 fully saturated rings. The summed E-state index contributed by atoms with van der Waals surface area (Å²) in [5.74, 6) is 0.618. The average Bonchev–Trinajstić information content (AvgIpc) is 3.11. The minimum absolute atomic E-state index is 0.0755. The van der Waals surface area contributed by atoms with E-state index in [4.69, 9.17) is 0 Å². The van der Waals surface area contributed by atoms with Gasteiger partial charge in [0.2, 0.25) is 0 Å². The van der Waals surface area contributed by atoms with Gasteiger partial charge in [-0.1, -0.05) is 70.2 Å². The summed E-state index contributed by atoms with van der Waals surface area (Å²) in [6, 6.07) is 14.0. The predicted molar refractivity (Wildman–Crippen MR) is 136 cm³/mol. The summed E-state index contributed by atoms with van der Waals surface area (Å²) in [7, 11) is -3.85. The Hall–Kier alpha value is -3.63. The van der Waals surface area contributed by atoms with Gasteiger partial charge < -0.3 is 0 Å². The van der Waals surface area contributed by atoms with Gasteiger partial charge in [-0.25, -0.2) is 12.9 Å². The number of allylic oxidation sites excluding steroid dienone is 6. The Balaban J connectivity index is 1.73. The standard InChI is InChI=1S/C27H28N4O2S/c1-5-19-7-6-8-20(10-9-19)24-17-25-21(18-28)11-16-26(31(25)29-24)30-34(32,33)23-14-12-22(13-15-23)27(2,3)4/h6-17,19,30H,5H2,1-4H3. The molecule has 1 aromatic carbocycles.